The van der Waals surface area contributed by atoms with Gasteiger partial charge in [0.05, 0.1) is 11.8 Å². The van der Waals surface area contributed by atoms with Crippen molar-refractivity contribution in [1.82, 2.24) is 15.1 Å². The fourth-order valence-corrected chi connectivity index (χ4v) is 2.49. The second kappa shape index (κ2) is 7.99. The van der Waals surface area contributed by atoms with E-state index in [1.807, 2.05) is 6.07 Å². The molecule has 2 amide bonds. The first kappa shape index (κ1) is 17.3. The molecule has 2 rings (SSSR count). The molecule has 0 aliphatic rings. The summed E-state index contributed by atoms with van der Waals surface area (Å²) in [6, 6.07) is 8.44. The highest BCUT2D eigenvalue weighted by molar-refractivity contribution is 6.31. The molecule has 1 atom stereocenters. The van der Waals surface area contributed by atoms with Crippen molar-refractivity contribution >= 4 is 23.4 Å². The van der Waals surface area contributed by atoms with Gasteiger partial charge in [-0.05, 0) is 12.5 Å². The number of aromatic nitrogens is 2. The maximum absolute atomic E-state index is 11.9. The molecule has 1 aromatic carbocycles. The average Bonchev–Trinajstić information content (AvgIpc) is 2.85. The van der Waals surface area contributed by atoms with Gasteiger partial charge >= 0.3 is 6.03 Å². The van der Waals surface area contributed by atoms with Crippen LogP contribution in [0, 0.1) is 0 Å². The summed E-state index contributed by atoms with van der Waals surface area (Å²) in [5.41, 5.74) is 1.52. The number of urea groups is 1. The van der Waals surface area contributed by atoms with Gasteiger partial charge in [-0.25, -0.2) is 4.79 Å². The van der Waals surface area contributed by atoms with Crippen LogP contribution in [0.4, 0.5) is 10.6 Å². The number of nitrogens with zero attached hydrogens (tertiary/aromatic N) is 2. The van der Waals surface area contributed by atoms with Gasteiger partial charge in [-0.1, -0.05) is 43.1 Å². The first-order valence-corrected chi connectivity index (χ1v) is 7.89. The number of aliphatic hydroxyl groups excluding tert-OH is 1. The summed E-state index contributed by atoms with van der Waals surface area (Å²) in [7, 11) is 1.77. The largest absolute Gasteiger partial charge is 0.387 e. The second-order valence-electron chi connectivity index (χ2n) is 5.27. The first-order valence-electron chi connectivity index (χ1n) is 7.51. The van der Waals surface area contributed by atoms with Gasteiger partial charge in [0.2, 0.25) is 0 Å². The van der Waals surface area contributed by atoms with E-state index in [0.717, 1.165) is 18.5 Å². The lowest BCUT2D eigenvalue weighted by Crippen LogP contribution is -2.33. The Hall–Kier alpha value is -2.05. The molecule has 0 aliphatic heterocycles. The Labute approximate surface area is 140 Å². The Morgan fingerprint density at radius 3 is 2.87 bits per heavy atom. The standard InChI is InChI=1S/C16H21ClN4O2/c1-3-6-11-9-15(21(2)20-11)19-16(23)18-10-14(22)12-7-4-5-8-13(12)17/h4-5,7-9,14,22H,3,6,10H2,1-2H3,(H2,18,19,23). The van der Waals surface area contributed by atoms with Crippen molar-refractivity contribution in [2.75, 3.05) is 11.9 Å². The number of hydrogen-bond donors (Lipinski definition) is 3. The third kappa shape index (κ3) is 4.71. The van der Waals surface area contributed by atoms with E-state index in [1.165, 1.54) is 0 Å². The lowest BCUT2D eigenvalue weighted by atomic mass is 10.1. The van der Waals surface area contributed by atoms with Crippen LogP contribution in [-0.2, 0) is 13.5 Å². The van der Waals surface area contributed by atoms with E-state index in [1.54, 1.807) is 36.0 Å². The zero-order chi connectivity index (χ0) is 16.8. The predicted octanol–water partition coefficient (Wildman–Crippen LogP) is 2.88. The Balaban J connectivity index is 1.89. The van der Waals surface area contributed by atoms with E-state index >= 15 is 0 Å². The van der Waals surface area contributed by atoms with E-state index in [0.29, 0.717) is 16.4 Å². The molecule has 0 saturated heterocycles. The summed E-state index contributed by atoms with van der Waals surface area (Å²) in [5.74, 6) is 0.609. The van der Waals surface area contributed by atoms with Gasteiger partial charge in [0, 0.05) is 30.2 Å². The Morgan fingerprint density at radius 1 is 1.43 bits per heavy atom. The molecule has 0 aliphatic carbocycles. The Morgan fingerprint density at radius 2 is 2.17 bits per heavy atom. The molecule has 23 heavy (non-hydrogen) atoms. The normalized spacial score (nSPS) is 12.0. The average molecular weight is 337 g/mol. The van der Waals surface area contributed by atoms with Crippen LogP contribution < -0.4 is 10.6 Å². The number of halogens is 1. The number of hydrogen-bond acceptors (Lipinski definition) is 3. The third-order valence-electron chi connectivity index (χ3n) is 3.40. The van der Waals surface area contributed by atoms with Crippen LogP contribution in [0.2, 0.25) is 5.02 Å². The summed E-state index contributed by atoms with van der Waals surface area (Å²) < 4.78 is 1.62. The molecule has 3 N–H and O–H groups in total. The third-order valence-corrected chi connectivity index (χ3v) is 3.74. The minimum Gasteiger partial charge on any atom is -0.387 e. The summed E-state index contributed by atoms with van der Waals surface area (Å²) >= 11 is 6.02. The van der Waals surface area contributed by atoms with Crippen molar-refractivity contribution in [3.05, 3.63) is 46.6 Å². The summed E-state index contributed by atoms with van der Waals surface area (Å²) in [5, 5.41) is 20.2. The molecule has 1 heterocycles. The number of aliphatic hydroxyl groups is 1. The van der Waals surface area contributed by atoms with Gasteiger partial charge in [-0.15, -0.1) is 0 Å². The van der Waals surface area contributed by atoms with Crippen molar-refractivity contribution in [2.45, 2.75) is 25.9 Å². The lowest BCUT2D eigenvalue weighted by Gasteiger charge is -2.14. The van der Waals surface area contributed by atoms with Crippen LogP contribution >= 0.6 is 11.6 Å². The van der Waals surface area contributed by atoms with Gasteiger partial charge in [0.15, 0.2) is 0 Å². The van der Waals surface area contributed by atoms with Crippen molar-refractivity contribution < 1.29 is 9.90 Å². The van der Waals surface area contributed by atoms with E-state index in [4.69, 9.17) is 11.6 Å². The molecule has 0 fully saturated rings. The van der Waals surface area contributed by atoms with E-state index in [2.05, 4.69) is 22.7 Å². The smallest absolute Gasteiger partial charge is 0.320 e. The van der Waals surface area contributed by atoms with Crippen LogP contribution in [-0.4, -0.2) is 27.5 Å². The van der Waals surface area contributed by atoms with Crippen LogP contribution in [0.15, 0.2) is 30.3 Å². The molecular weight excluding hydrogens is 316 g/mol. The summed E-state index contributed by atoms with van der Waals surface area (Å²) in [6.45, 7) is 2.14. The number of nitrogens with one attached hydrogen (secondary N) is 2. The number of carbonyl (C=O) groups excluding carboxylic acids is 1. The van der Waals surface area contributed by atoms with E-state index in [9.17, 15) is 9.90 Å². The van der Waals surface area contributed by atoms with Gasteiger partial charge in [0.1, 0.15) is 5.82 Å². The van der Waals surface area contributed by atoms with Crippen LogP contribution in [0.3, 0.4) is 0 Å². The zero-order valence-electron chi connectivity index (χ0n) is 13.2. The van der Waals surface area contributed by atoms with Crippen LogP contribution in [0.1, 0.15) is 30.7 Å². The Bertz CT molecular complexity index is 672. The highest BCUT2D eigenvalue weighted by Gasteiger charge is 2.13. The monoisotopic (exact) mass is 336 g/mol. The molecular formula is C16H21ClN4O2. The molecule has 0 saturated carbocycles. The molecule has 0 spiro atoms. The lowest BCUT2D eigenvalue weighted by molar-refractivity contribution is 0.175. The quantitative estimate of drug-likeness (QED) is 0.759. The van der Waals surface area contributed by atoms with E-state index < -0.39 is 12.1 Å². The van der Waals surface area contributed by atoms with Crippen LogP contribution in [0.5, 0.6) is 0 Å². The fraction of sp³-hybridized carbons (Fsp3) is 0.375. The number of anilines is 1. The molecule has 124 valence electrons. The highest BCUT2D eigenvalue weighted by Crippen LogP contribution is 2.21. The van der Waals surface area contributed by atoms with E-state index in [-0.39, 0.29) is 6.54 Å². The molecule has 0 radical (unpaired) electrons. The van der Waals surface area contributed by atoms with Crippen molar-refractivity contribution in [2.24, 2.45) is 7.05 Å². The maximum atomic E-state index is 11.9. The molecule has 2 aromatic rings. The van der Waals surface area contributed by atoms with Crippen molar-refractivity contribution in [1.29, 1.82) is 0 Å². The van der Waals surface area contributed by atoms with Gasteiger partial charge in [0.25, 0.3) is 0 Å². The summed E-state index contributed by atoms with van der Waals surface area (Å²) in [4.78, 5) is 11.9. The number of amides is 2. The summed E-state index contributed by atoms with van der Waals surface area (Å²) in [6.07, 6.45) is 0.992. The number of aryl methyl sites for hydroxylation is 2. The predicted molar refractivity (Wildman–Crippen MR) is 90.6 cm³/mol. The Kier molecular flexibility index (Phi) is 6.01. The van der Waals surface area contributed by atoms with Crippen LogP contribution in [0.25, 0.3) is 0 Å². The minimum absolute atomic E-state index is 0.0647. The van der Waals surface area contributed by atoms with Gasteiger partial charge in [-0.3, -0.25) is 10.00 Å². The molecule has 1 aromatic heterocycles. The molecule has 7 heteroatoms. The van der Waals surface area contributed by atoms with Gasteiger partial charge in [-0.2, -0.15) is 5.10 Å². The zero-order valence-corrected chi connectivity index (χ0v) is 14.0. The topological polar surface area (TPSA) is 79.2 Å². The number of rotatable bonds is 6. The first-order chi connectivity index (χ1) is 11.0. The maximum Gasteiger partial charge on any atom is 0.320 e. The second-order valence-corrected chi connectivity index (χ2v) is 5.67. The van der Waals surface area contributed by atoms with Crippen molar-refractivity contribution in [3.8, 4) is 0 Å². The van der Waals surface area contributed by atoms with Gasteiger partial charge < -0.3 is 10.4 Å². The highest BCUT2D eigenvalue weighted by atomic mass is 35.5. The molecule has 6 nitrogen and oxygen atoms in total. The minimum atomic E-state index is -0.864. The fourth-order valence-electron chi connectivity index (χ4n) is 2.23. The number of benzene rings is 1. The molecule has 0 bridgehead atoms. The molecule has 1 unspecified atom stereocenters. The van der Waals surface area contributed by atoms with Crippen molar-refractivity contribution in [3.63, 3.8) is 0 Å². The SMILES string of the molecule is CCCc1cc(NC(=O)NCC(O)c2ccccc2Cl)n(C)n1. The number of carbonyl (C=O) groups is 1.